The maximum atomic E-state index is 11.2. The SMILES string of the molecule is O=[N+]([O-])c1ccccc1/C=N/n1c(C23CC4CC(CC(C4)C2)C3)n[nH]c1=S. The predicted molar refractivity (Wildman–Crippen MR) is 103 cm³/mol. The van der Waals surface area contributed by atoms with Crippen LogP contribution in [0.3, 0.4) is 0 Å². The summed E-state index contributed by atoms with van der Waals surface area (Å²) in [7, 11) is 0. The zero-order valence-corrected chi connectivity index (χ0v) is 15.7. The van der Waals surface area contributed by atoms with Crippen LogP contribution in [0.5, 0.6) is 0 Å². The minimum atomic E-state index is -0.393. The maximum Gasteiger partial charge on any atom is 0.278 e. The Bertz CT molecular complexity index is 957. The highest BCUT2D eigenvalue weighted by atomic mass is 32.1. The molecule has 0 saturated heterocycles. The number of aromatic amines is 1. The van der Waals surface area contributed by atoms with Crippen molar-refractivity contribution in [1.29, 1.82) is 0 Å². The molecular weight excluding hydrogens is 362 g/mol. The van der Waals surface area contributed by atoms with Gasteiger partial charge in [-0.2, -0.15) is 14.9 Å². The predicted octanol–water partition coefficient (Wildman–Crippen LogP) is 4.20. The van der Waals surface area contributed by atoms with Gasteiger partial charge in [-0.1, -0.05) is 12.1 Å². The number of para-hydroxylation sites is 1. The molecule has 1 N–H and O–H groups in total. The summed E-state index contributed by atoms with van der Waals surface area (Å²) in [5.74, 6) is 3.26. The van der Waals surface area contributed by atoms with Gasteiger partial charge in [0.25, 0.3) is 5.69 Å². The molecule has 0 aliphatic heterocycles. The molecule has 0 radical (unpaired) electrons. The van der Waals surface area contributed by atoms with Crippen molar-refractivity contribution in [3.8, 4) is 0 Å². The molecule has 140 valence electrons. The lowest BCUT2D eigenvalue weighted by atomic mass is 9.49. The van der Waals surface area contributed by atoms with Crippen molar-refractivity contribution in [1.82, 2.24) is 14.9 Å². The lowest BCUT2D eigenvalue weighted by Crippen LogP contribution is -2.49. The van der Waals surface area contributed by atoms with Crippen LogP contribution < -0.4 is 0 Å². The zero-order chi connectivity index (χ0) is 18.6. The van der Waals surface area contributed by atoms with Crippen LogP contribution in [0.1, 0.15) is 49.9 Å². The molecule has 27 heavy (non-hydrogen) atoms. The summed E-state index contributed by atoms with van der Waals surface area (Å²) in [4.78, 5) is 10.9. The molecule has 2 aromatic rings. The van der Waals surface area contributed by atoms with Crippen molar-refractivity contribution in [2.75, 3.05) is 0 Å². The molecule has 4 saturated carbocycles. The molecule has 0 spiro atoms. The maximum absolute atomic E-state index is 11.2. The monoisotopic (exact) mass is 383 g/mol. The Morgan fingerprint density at radius 3 is 2.48 bits per heavy atom. The van der Waals surface area contributed by atoms with Crippen molar-refractivity contribution >= 4 is 24.1 Å². The van der Waals surface area contributed by atoms with Crippen LogP contribution >= 0.6 is 12.2 Å². The number of nitro groups is 1. The summed E-state index contributed by atoms with van der Waals surface area (Å²) in [5.41, 5.74) is 0.539. The van der Waals surface area contributed by atoms with E-state index in [0.717, 1.165) is 42.8 Å². The molecule has 0 unspecified atom stereocenters. The van der Waals surface area contributed by atoms with Crippen LogP contribution in [0.2, 0.25) is 0 Å². The van der Waals surface area contributed by atoms with E-state index in [4.69, 9.17) is 12.2 Å². The summed E-state index contributed by atoms with van der Waals surface area (Å²) in [6, 6.07) is 6.59. The third-order valence-electron chi connectivity index (χ3n) is 6.61. The Hall–Kier alpha value is -2.35. The van der Waals surface area contributed by atoms with Crippen molar-refractivity contribution in [2.45, 2.75) is 43.9 Å². The molecule has 8 heteroatoms. The standard InChI is InChI=1S/C19H21N5O2S/c25-24(26)16-4-2-1-3-15(16)11-20-23-17(21-22-18(23)27)19-8-12-5-13(9-19)7-14(6-12)10-19/h1-4,11-14H,5-10H2,(H,22,27)/b20-11+. The topological polar surface area (TPSA) is 89.1 Å². The van der Waals surface area contributed by atoms with Crippen molar-refractivity contribution in [3.05, 3.63) is 50.5 Å². The van der Waals surface area contributed by atoms with Gasteiger partial charge in [0.2, 0.25) is 4.77 Å². The van der Waals surface area contributed by atoms with E-state index >= 15 is 0 Å². The van der Waals surface area contributed by atoms with Crippen molar-refractivity contribution < 1.29 is 4.92 Å². The number of nitrogens with one attached hydrogen (secondary N) is 1. The van der Waals surface area contributed by atoms with Gasteiger partial charge in [-0.25, -0.2) is 0 Å². The molecule has 1 heterocycles. The quantitative estimate of drug-likeness (QED) is 0.371. The van der Waals surface area contributed by atoms with Gasteiger partial charge >= 0.3 is 0 Å². The number of hydrogen-bond donors (Lipinski definition) is 1. The van der Waals surface area contributed by atoms with Gasteiger partial charge in [0, 0.05) is 11.5 Å². The van der Waals surface area contributed by atoms with E-state index < -0.39 is 4.92 Å². The molecular formula is C19H21N5O2S. The van der Waals surface area contributed by atoms with Gasteiger partial charge in [-0.05, 0) is 74.6 Å². The number of rotatable bonds is 4. The first-order chi connectivity index (χ1) is 13.0. The van der Waals surface area contributed by atoms with Gasteiger partial charge in [0.15, 0.2) is 5.82 Å². The summed E-state index contributed by atoms with van der Waals surface area (Å²) in [6.45, 7) is 0. The van der Waals surface area contributed by atoms with Crippen molar-refractivity contribution in [3.63, 3.8) is 0 Å². The molecule has 1 aromatic heterocycles. The van der Waals surface area contributed by atoms with E-state index in [1.54, 1.807) is 22.9 Å². The van der Waals surface area contributed by atoms with Gasteiger partial charge < -0.3 is 0 Å². The highest BCUT2D eigenvalue weighted by Gasteiger charge is 2.53. The minimum Gasteiger partial charge on any atom is -0.258 e. The zero-order valence-electron chi connectivity index (χ0n) is 14.9. The highest BCUT2D eigenvalue weighted by Crippen LogP contribution is 2.60. The Morgan fingerprint density at radius 2 is 1.85 bits per heavy atom. The van der Waals surface area contributed by atoms with Gasteiger partial charge in [0.1, 0.15) is 0 Å². The third kappa shape index (κ3) is 2.74. The number of aromatic nitrogens is 3. The number of H-pyrrole nitrogens is 1. The van der Waals surface area contributed by atoms with Crippen LogP contribution in [-0.4, -0.2) is 26.0 Å². The van der Waals surface area contributed by atoms with Crippen LogP contribution in [-0.2, 0) is 5.41 Å². The van der Waals surface area contributed by atoms with Crippen LogP contribution in [0.25, 0.3) is 0 Å². The smallest absolute Gasteiger partial charge is 0.258 e. The number of hydrogen-bond acceptors (Lipinski definition) is 5. The lowest BCUT2D eigenvalue weighted by Gasteiger charge is -2.55. The summed E-state index contributed by atoms with van der Waals surface area (Å²) < 4.78 is 2.13. The molecule has 0 atom stereocenters. The Balaban J connectivity index is 1.54. The van der Waals surface area contributed by atoms with Crippen LogP contribution in [0.4, 0.5) is 5.69 Å². The second-order valence-electron chi connectivity index (χ2n) is 8.42. The molecule has 4 aliphatic carbocycles. The first-order valence-electron chi connectivity index (χ1n) is 9.50. The van der Waals surface area contributed by atoms with Crippen molar-refractivity contribution in [2.24, 2.45) is 22.9 Å². The molecule has 4 aliphatic rings. The normalized spacial score (nSPS) is 31.6. The van der Waals surface area contributed by atoms with E-state index in [-0.39, 0.29) is 11.1 Å². The lowest BCUT2D eigenvalue weighted by molar-refractivity contribution is -0.385. The fourth-order valence-corrected chi connectivity index (χ4v) is 6.19. The minimum absolute atomic E-state index is 0.0348. The Kier molecular flexibility index (Phi) is 3.79. The molecule has 7 nitrogen and oxygen atoms in total. The van der Waals surface area contributed by atoms with Crippen LogP contribution in [0, 0.1) is 32.6 Å². The van der Waals surface area contributed by atoms with Gasteiger partial charge in [-0.15, -0.1) is 0 Å². The third-order valence-corrected chi connectivity index (χ3v) is 6.87. The number of benzene rings is 1. The average molecular weight is 383 g/mol. The van der Waals surface area contributed by atoms with E-state index in [1.807, 2.05) is 0 Å². The van der Waals surface area contributed by atoms with E-state index in [0.29, 0.717) is 10.3 Å². The first-order valence-corrected chi connectivity index (χ1v) is 9.90. The van der Waals surface area contributed by atoms with Gasteiger partial charge in [-0.3, -0.25) is 15.2 Å². The Labute approximate surface area is 161 Å². The van der Waals surface area contributed by atoms with Gasteiger partial charge in [0.05, 0.1) is 16.7 Å². The number of nitrogens with zero attached hydrogens (tertiary/aromatic N) is 4. The van der Waals surface area contributed by atoms with E-state index in [9.17, 15) is 10.1 Å². The summed E-state index contributed by atoms with van der Waals surface area (Å²) in [6.07, 6.45) is 9.03. The number of nitro benzene ring substituents is 1. The molecule has 4 fully saturated rings. The summed E-state index contributed by atoms with van der Waals surface area (Å²) in [5, 5.41) is 23.2. The largest absolute Gasteiger partial charge is 0.278 e. The van der Waals surface area contributed by atoms with Crippen LogP contribution in [0.15, 0.2) is 29.4 Å². The molecule has 1 aromatic carbocycles. The molecule has 6 rings (SSSR count). The molecule has 4 bridgehead atoms. The first kappa shape index (κ1) is 16.8. The molecule has 0 amide bonds. The van der Waals surface area contributed by atoms with E-state index in [1.165, 1.54) is 31.5 Å². The fourth-order valence-electron chi connectivity index (χ4n) is 6.01. The van der Waals surface area contributed by atoms with E-state index in [2.05, 4.69) is 15.3 Å². The average Bonchev–Trinajstić information content (AvgIpc) is 3.00. The fraction of sp³-hybridized carbons (Fsp3) is 0.526. The second-order valence-corrected chi connectivity index (χ2v) is 8.81. The Morgan fingerprint density at radius 1 is 1.22 bits per heavy atom. The highest BCUT2D eigenvalue weighted by molar-refractivity contribution is 7.71. The summed E-state index contributed by atoms with van der Waals surface area (Å²) >= 11 is 5.42. The second kappa shape index (κ2) is 6.09.